The zero-order valence-corrected chi connectivity index (χ0v) is 50.3. The second kappa shape index (κ2) is 56.9. The number of amides is 1. The highest BCUT2D eigenvalue weighted by atomic mass is 16.7. The lowest BCUT2D eigenvalue weighted by atomic mass is 9.99. The van der Waals surface area contributed by atoms with Crippen molar-refractivity contribution in [1.29, 1.82) is 0 Å². The van der Waals surface area contributed by atoms with E-state index in [1.807, 2.05) is 0 Å². The Kier molecular flexibility index (Phi) is 54.4. The van der Waals surface area contributed by atoms with E-state index in [-0.39, 0.29) is 12.5 Å². The molecule has 450 valence electrons. The Morgan fingerprint density at radius 3 is 1.13 bits per heavy atom. The molecule has 1 amide bonds. The highest BCUT2D eigenvalue weighted by molar-refractivity contribution is 5.76. The molecule has 0 aromatic carbocycles. The van der Waals surface area contributed by atoms with Crippen LogP contribution >= 0.6 is 0 Å². The summed E-state index contributed by atoms with van der Waals surface area (Å²) in [6.45, 7) is 3.88. The van der Waals surface area contributed by atoms with Crippen molar-refractivity contribution < 1.29 is 39.8 Å². The largest absolute Gasteiger partial charge is 0.394 e. The number of carbonyl (C=O) groups is 1. The summed E-state index contributed by atoms with van der Waals surface area (Å²) in [6.07, 6.45) is 66.6. The Morgan fingerprint density at radius 2 is 0.776 bits per heavy atom. The van der Waals surface area contributed by atoms with E-state index >= 15 is 0 Å². The van der Waals surface area contributed by atoms with E-state index in [1.165, 1.54) is 270 Å². The molecular weight excluding hydrogens is 947 g/mol. The zero-order valence-electron chi connectivity index (χ0n) is 50.3. The summed E-state index contributed by atoms with van der Waals surface area (Å²) >= 11 is 0. The van der Waals surface area contributed by atoms with E-state index < -0.39 is 49.5 Å². The predicted molar refractivity (Wildman–Crippen MR) is 323 cm³/mol. The summed E-state index contributed by atoms with van der Waals surface area (Å²) in [5.41, 5.74) is 0. The minimum absolute atomic E-state index is 0.133. The Balaban J connectivity index is 2.09. The van der Waals surface area contributed by atoms with Crippen LogP contribution in [-0.2, 0) is 14.3 Å². The van der Waals surface area contributed by atoms with E-state index in [2.05, 4.69) is 43.5 Å². The Labute approximate surface area is 470 Å². The highest BCUT2D eigenvalue weighted by Crippen LogP contribution is 2.24. The molecule has 7 atom stereocenters. The molecule has 0 spiro atoms. The van der Waals surface area contributed by atoms with Crippen molar-refractivity contribution in [2.75, 3.05) is 13.2 Å². The van der Waals surface area contributed by atoms with Crippen LogP contribution in [0.25, 0.3) is 0 Å². The van der Waals surface area contributed by atoms with Gasteiger partial charge in [0.15, 0.2) is 6.29 Å². The molecule has 0 radical (unpaired) electrons. The summed E-state index contributed by atoms with van der Waals surface area (Å²) in [4.78, 5) is 13.1. The fraction of sp³-hybridized carbons (Fsp3) is 0.925. The molecule has 1 saturated heterocycles. The maximum Gasteiger partial charge on any atom is 0.220 e. The van der Waals surface area contributed by atoms with Gasteiger partial charge in [0.25, 0.3) is 0 Å². The SMILES string of the molecule is CCCCCCC/C=C\C/C=C\CCCCCCCCCCCCCCCCCCCCCCCC(=O)NC(COC1OC(CO)C(O)C(O)C1O)C(O)CCCCCCCCCCCCCCCCCCCCCC. The van der Waals surface area contributed by atoms with Gasteiger partial charge in [0, 0.05) is 6.42 Å². The van der Waals surface area contributed by atoms with Gasteiger partial charge in [-0.2, -0.15) is 0 Å². The third-order valence-corrected chi connectivity index (χ3v) is 16.3. The fourth-order valence-corrected chi connectivity index (χ4v) is 11.0. The average Bonchev–Trinajstić information content (AvgIpc) is 3.42. The van der Waals surface area contributed by atoms with Gasteiger partial charge in [-0.05, 0) is 44.9 Å². The number of aliphatic hydroxyl groups is 5. The molecule has 9 nitrogen and oxygen atoms in total. The first-order valence-corrected chi connectivity index (χ1v) is 33.5. The van der Waals surface area contributed by atoms with Crippen molar-refractivity contribution in [3.05, 3.63) is 24.3 Å². The molecule has 6 N–H and O–H groups in total. The molecule has 9 heteroatoms. The average molecular weight is 1080 g/mol. The van der Waals surface area contributed by atoms with Crippen LogP contribution in [0, 0.1) is 0 Å². The molecule has 0 bridgehead atoms. The second-order valence-electron chi connectivity index (χ2n) is 23.6. The maximum absolute atomic E-state index is 13.1. The first kappa shape index (κ1) is 72.7. The number of allylic oxidation sites excluding steroid dienone is 4. The first-order valence-electron chi connectivity index (χ1n) is 33.5. The summed E-state index contributed by atoms with van der Waals surface area (Å²) in [7, 11) is 0. The van der Waals surface area contributed by atoms with E-state index in [0.29, 0.717) is 12.8 Å². The molecular formula is C67H129NO8. The van der Waals surface area contributed by atoms with Crippen LogP contribution in [0.3, 0.4) is 0 Å². The Morgan fingerprint density at radius 1 is 0.447 bits per heavy atom. The van der Waals surface area contributed by atoms with Crippen LogP contribution < -0.4 is 5.32 Å². The first-order chi connectivity index (χ1) is 37.3. The summed E-state index contributed by atoms with van der Waals surface area (Å²) in [5.74, 6) is -0.136. The van der Waals surface area contributed by atoms with Crippen LogP contribution in [0.1, 0.15) is 341 Å². The topological polar surface area (TPSA) is 149 Å². The quantitative estimate of drug-likeness (QED) is 0.0261. The van der Waals surface area contributed by atoms with Gasteiger partial charge in [-0.1, -0.05) is 314 Å². The lowest BCUT2D eigenvalue weighted by molar-refractivity contribution is -0.302. The fourth-order valence-electron chi connectivity index (χ4n) is 11.0. The van der Waals surface area contributed by atoms with Gasteiger partial charge in [0.2, 0.25) is 5.91 Å². The Bertz CT molecular complexity index is 1250. The minimum Gasteiger partial charge on any atom is -0.394 e. The highest BCUT2D eigenvalue weighted by Gasteiger charge is 2.44. The van der Waals surface area contributed by atoms with E-state index in [9.17, 15) is 30.3 Å². The number of rotatable bonds is 59. The maximum atomic E-state index is 13.1. The van der Waals surface area contributed by atoms with Crippen molar-refractivity contribution in [3.8, 4) is 0 Å². The van der Waals surface area contributed by atoms with Crippen LogP contribution in [0.4, 0.5) is 0 Å². The number of ether oxygens (including phenoxy) is 2. The number of nitrogens with one attached hydrogen (secondary N) is 1. The van der Waals surface area contributed by atoms with Crippen LogP contribution in [0.15, 0.2) is 24.3 Å². The van der Waals surface area contributed by atoms with Crippen molar-refractivity contribution >= 4 is 5.91 Å². The van der Waals surface area contributed by atoms with Gasteiger partial charge in [0.1, 0.15) is 24.4 Å². The standard InChI is InChI=1S/C67H129NO8/c1-3-5-7-9-11-13-15-17-19-21-23-25-26-27-28-29-30-31-32-33-34-35-36-37-39-41-43-45-47-49-51-53-55-57-63(71)68-60(59-75-67-66(74)65(73)64(72)62(58-69)76-67)61(70)56-54-52-50-48-46-44-42-40-38-24-22-20-18-16-14-12-10-8-6-4-2/h15,17,21,23,60-62,64-67,69-70,72-74H,3-14,16,18-20,22,24-59H2,1-2H3,(H,68,71)/b17-15-,23-21-. The van der Waals surface area contributed by atoms with Crippen LogP contribution in [-0.4, -0.2) is 87.5 Å². The molecule has 1 rings (SSSR count). The molecule has 1 aliphatic heterocycles. The van der Waals surface area contributed by atoms with E-state index in [0.717, 1.165) is 44.9 Å². The molecule has 1 aliphatic rings. The Hall–Kier alpha value is -1.33. The second-order valence-corrected chi connectivity index (χ2v) is 23.6. The van der Waals surface area contributed by atoms with Crippen LogP contribution in [0.2, 0.25) is 0 Å². The molecule has 0 aromatic rings. The number of unbranched alkanes of at least 4 members (excludes halogenated alkanes) is 45. The van der Waals surface area contributed by atoms with Gasteiger partial charge >= 0.3 is 0 Å². The van der Waals surface area contributed by atoms with Gasteiger partial charge in [-0.25, -0.2) is 0 Å². The van der Waals surface area contributed by atoms with Gasteiger partial charge in [-0.15, -0.1) is 0 Å². The summed E-state index contributed by atoms with van der Waals surface area (Å²) in [6, 6.07) is -0.717. The van der Waals surface area contributed by atoms with E-state index in [1.54, 1.807) is 0 Å². The molecule has 0 aliphatic carbocycles. The molecule has 0 aromatic heterocycles. The van der Waals surface area contributed by atoms with E-state index in [4.69, 9.17) is 9.47 Å². The van der Waals surface area contributed by atoms with Crippen molar-refractivity contribution in [2.45, 2.75) is 384 Å². The predicted octanol–water partition coefficient (Wildman–Crippen LogP) is 17.7. The monoisotopic (exact) mass is 1080 g/mol. The third-order valence-electron chi connectivity index (χ3n) is 16.3. The van der Waals surface area contributed by atoms with Gasteiger partial charge in [0.05, 0.1) is 25.4 Å². The molecule has 1 fully saturated rings. The molecule has 7 unspecified atom stereocenters. The van der Waals surface area contributed by atoms with Gasteiger partial charge in [-0.3, -0.25) is 4.79 Å². The number of hydrogen-bond acceptors (Lipinski definition) is 8. The van der Waals surface area contributed by atoms with Crippen molar-refractivity contribution in [1.82, 2.24) is 5.32 Å². The minimum atomic E-state index is -1.55. The molecule has 0 saturated carbocycles. The lowest BCUT2D eigenvalue weighted by Gasteiger charge is -2.40. The molecule has 76 heavy (non-hydrogen) atoms. The zero-order chi connectivity index (χ0) is 55.0. The lowest BCUT2D eigenvalue weighted by Crippen LogP contribution is -2.60. The normalized spacial score (nSPS) is 18.9. The van der Waals surface area contributed by atoms with Gasteiger partial charge < -0.3 is 40.3 Å². The summed E-state index contributed by atoms with van der Waals surface area (Å²) < 4.78 is 11.4. The summed E-state index contributed by atoms with van der Waals surface area (Å²) in [5, 5.41) is 54.8. The molecule has 1 heterocycles. The van der Waals surface area contributed by atoms with Crippen molar-refractivity contribution in [2.24, 2.45) is 0 Å². The third kappa shape index (κ3) is 45.4. The smallest absolute Gasteiger partial charge is 0.220 e. The number of carbonyl (C=O) groups excluding carboxylic acids is 1. The van der Waals surface area contributed by atoms with Crippen molar-refractivity contribution in [3.63, 3.8) is 0 Å². The number of hydrogen-bond donors (Lipinski definition) is 6. The number of aliphatic hydroxyl groups excluding tert-OH is 5. The van der Waals surface area contributed by atoms with Crippen LogP contribution in [0.5, 0.6) is 0 Å².